The SMILES string of the molecule is CCCS(=O)(=O)Nc1cccc2c(Oc3ncc(C)cc3-c3ccnc(N[C@H]4CCCN(C(=O)O)C4)n3)c(C)ccc12. The average Bonchev–Trinajstić information content (AvgIpc) is 2.95. The van der Waals surface area contributed by atoms with Gasteiger partial charge in [0.05, 0.1) is 22.7 Å². The molecular weight excluding hydrogens is 556 g/mol. The van der Waals surface area contributed by atoms with Crippen LogP contribution in [0.15, 0.2) is 54.9 Å². The number of fused-ring (bicyclic) bond motifs is 1. The Bertz CT molecular complexity index is 1730. The number of likely N-dealkylation sites (tertiary alicyclic amines) is 1. The van der Waals surface area contributed by atoms with Gasteiger partial charge in [0.25, 0.3) is 0 Å². The summed E-state index contributed by atoms with van der Waals surface area (Å²) in [5.74, 6) is 1.32. The quantitative estimate of drug-likeness (QED) is 0.220. The molecule has 0 saturated carbocycles. The molecule has 12 heteroatoms. The van der Waals surface area contributed by atoms with E-state index in [1.54, 1.807) is 30.6 Å². The highest BCUT2D eigenvalue weighted by molar-refractivity contribution is 7.92. The molecule has 2 aromatic carbocycles. The molecule has 0 aliphatic carbocycles. The number of hydrogen-bond acceptors (Lipinski definition) is 8. The first-order chi connectivity index (χ1) is 20.1. The number of piperidine rings is 1. The van der Waals surface area contributed by atoms with Gasteiger partial charge in [-0.1, -0.05) is 31.2 Å². The molecule has 1 amide bonds. The Kier molecular flexibility index (Phi) is 8.44. The van der Waals surface area contributed by atoms with E-state index in [-0.39, 0.29) is 11.8 Å². The van der Waals surface area contributed by atoms with Gasteiger partial charge in [0, 0.05) is 42.3 Å². The van der Waals surface area contributed by atoms with Crippen molar-refractivity contribution in [2.75, 3.05) is 28.9 Å². The molecule has 1 atom stereocenters. The van der Waals surface area contributed by atoms with Crippen molar-refractivity contribution >= 4 is 38.5 Å². The minimum Gasteiger partial charge on any atom is -0.465 e. The van der Waals surface area contributed by atoms with Gasteiger partial charge in [-0.15, -0.1) is 0 Å². The molecule has 0 unspecified atom stereocenters. The Labute approximate surface area is 245 Å². The highest BCUT2D eigenvalue weighted by Crippen LogP contribution is 2.39. The van der Waals surface area contributed by atoms with Gasteiger partial charge < -0.3 is 20.1 Å². The van der Waals surface area contributed by atoms with Crippen molar-refractivity contribution in [3.63, 3.8) is 0 Å². The van der Waals surface area contributed by atoms with Gasteiger partial charge >= 0.3 is 6.09 Å². The van der Waals surface area contributed by atoms with Gasteiger partial charge in [-0.3, -0.25) is 4.72 Å². The molecule has 1 fully saturated rings. The van der Waals surface area contributed by atoms with Gasteiger partial charge in [0.1, 0.15) is 5.75 Å². The Morgan fingerprint density at radius 3 is 2.76 bits per heavy atom. The van der Waals surface area contributed by atoms with E-state index in [9.17, 15) is 18.3 Å². The van der Waals surface area contributed by atoms with Gasteiger partial charge in [-0.2, -0.15) is 0 Å². The molecule has 220 valence electrons. The summed E-state index contributed by atoms with van der Waals surface area (Å²) < 4.78 is 34.2. The van der Waals surface area contributed by atoms with Crippen molar-refractivity contribution in [1.29, 1.82) is 0 Å². The summed E-state index contributed by atoms with van der Waals surface area (Å²) in [7, 11) is -3.48. The van der Waals surface area contributed by atoms with E-state index in [1.807, 2.05) is 45.0 Å². The maximum absolute atomic E-state index is 12.5. The zero-order chi connectivity index (χ0) is 29.9. The first-order valence-electron chi connectivity index (χ1n) is 13.9. The lowest BCUT2D eigenvalue weighted by Crippen LogP contribution is -2.44. The molecular formula is C30H34N6O5S. The third-order valence-electron chi connectivity index (χ3n) is 7.09. The molecule has 1 aliphatic heterocycles. The lowest BCUT2D eigenvalue weighted by Gasteiger charge is -2.31. The van der Waals surface area contributed by atoms with Gasteiger partial charge in [-0.05, 0) is 62.4 Å². The van der Waals surface area contributed by atoms with Crippen LogP contribution in [0, 0.1) is 13.8 Å². The van der Waals surface area contributed by atoms with Crippen LogP contribution >= 0.6 is 0 Å². The maximum Gasteiger partial charge on any atom is 0.407 e. The number of carbonyl (C=O) groups is 1. The molecule has 3 N–H and O–H groups in total. The van der Waals surface area contributed by atoms with Crippen LogP contribution < -0.4 is 14.8 Å². The fourth-order valence-electron chi connectivity index (χ4n) is 5.10. The molecule has 2 aromatic heterocycles. The summed E-state index contributed by atoms with van der Waals surface area (Å²) >= 11 is 0. The molecule has 0 radical (unpaired) electrons. The summed E-state index contributed by atoms with van der Waals surface area (Å²) in [6.07, 6.45) is 4.51. The molecule has 4 aromatic rings. The number of nitrogens with one attached hydrogen (secondary N) is 2. The number of nitrogens with zero attached hydrogens (tertiary/aromatic N) is 4. The van der Waals surface area contributed by atoms with Crippen LogP contribution in [-0.4, -0.2) is 64.4 Å². The number of hydrogen-bond donors (Lipinski definition) is 3. The number of anilines is 2. The number of aromatic nitrogens is 3. The first-order valence-corrected chi connectivity index (χ1v) is 15.5. The highest BCUT2D eigenvalue weighted by atomic mass is 32.2. The molecule has 1 saturated heterocycles. The third-order valence-corrected chi connectivity index (χ3v) is 8.57. The van der Waals surface area contributed by atoms with E-state index >= 15 is 0 Å². The third kappa shape index (κ3) is 6.54. The van der Waals surface area contributed by atoms with Crippen LogP contribution in [0.2, 0.25) is 0 Å². The van der Waals surface area contributed by atoms with Crippen molar-refractivity contribution in [3.05, 3.63) is 66.0 Å². The fraction of sp³-hybridized carbons (Fsp3) is 0.333. The lowest BCUT2D eigenvalue weighted by atomic mass is 10.0. The monoisotopic (exact) mass is 590 g/mol. The average molecular weight is 591 g/mol. The number of ether oxygens (including phenoxy) is 1. The van der Waals surface area contributed by atoms with E-state index in [4.69, 9.17) is 9.72 Å². The van der Waals surface area contributed by atoms with Crippen molar-refractivity contribution in [2.45, 2.75) is 46.1 Å². The largest absolute Gasteiger partial charge is 0.465 e. The molecule has 0 bridgehead atoms. The van der Waals surface area contributed by atoms with Crippen LogP contribution in [0.1, 0.15) is 37.3 Å². The van der Waals surface area contributed by atoms with E-state index in [0.717, 1.165) is 29.4 Å². The second-order valence-electron chi connectivity index (χ2n) is 10.5. The summed E-state index contributed by atoms with van der Waals surface area (Å²) in [6, 6.07) is 12.8. The summed E-state index contributed by atoms with van der Waals surface area (Å²) in [6.45, 7) is 6.56. The minimum absolute atomic E-state index is 0.0313. The zero-order valence-electron chi connectivity index (χ0n) is 23.8. The number of amides is 1. The Morgan fingerprint density at radius 2 is 1.98 bits per heavy atom. The Hall–Kier alpha value is -4.45. The summed E-state index contributed by atoms with van der Waals surface area (Å²) in [5, 5.41) is 14.1. The molecule has 0 spiro atoms. The number of benzene rings is 2. The Balaban J connectivity index is 1.48. The second-order valence-corrected chi connectivity index (χ2v) is 12.3. The minimum atomic E-state index is -3.48. The van der Waals surface area contributed by atoms with Crippen LogP contribution in [-0.2, 0) is 10.0 Å². The van der Waals surface area contributed by atoms with E-state index in [2.05, 4.69) is 20.0 Å². The number of aryl methyl sites for hydroxylation is 2. The fourth-order valence-corrected chi connectivity index (χ4v) is 6.25. The summed E-state index contributed by atoms with van der Waals surface area (Å²) in [5.41, 5.74) is 3.51. The van der Waals surface area contributed by atoms with Crippen molar-refractivity contribution in [2.24, 2.45) is 0 Å². The van der Waals surface area contributed by atoms with Crippen LogP contribution in [0.25, 0.3) is 22.0 Å². The van der Waals surface area contributed by atoms with Crippen molar-refractivity contribution < 1.29 is 23.1 Å². The second kappa shape index (κ2) is 12.2. The van der Waals surface area contributed by atoms with Crippen molar-refractivity contribution in [1.82, 2.24) is 19.9 Å². The standard InChI is InChI=1S/C30H34N6O5S/c1-4-15-42(39,40)35-26-9-5-8-23-22(26)11-10-20(3)27(23)41-28-24(16-19(2)17-32-28)25-12-13-31-29(34-25)33-21-7-6-14-36(18-21)30(37)38/h5,8-13,16-17,21,35H,4,6-7,14-15,18H2,1-3H3,(H,37,38)(H,31,33,34)/t21-/m0/s1. The summed E-state index contributed by atoms with van der Waals surface area (Å²) in [4.78, 5) is 26.5. The predicted octanol–water partition coefficient (Wildman–Crippen LogP) is 5.81. The number of carboxylic acid groups (broad SMARTS) is 1. The molecule has 3 heterocycles. The molecule has 1 aliphatic rings. The normalized spacial score (nSPS) is 15.4. The van der Waals surface area contributed by atoms with Crippen molar-refractivity contribution in [3.8, 4) is 22.9 Å². The van der Waals surface area contributed by atoms with Crippen LogP contribution in [0.3, 0.4) is 0 Å². The smallest absolute Gasteiger partial charge is 0.407 e. The number of sulfonamides is 1. The zero-order valence-corrected chi connectivity index (χ0v) is 24.6. The Morgan fingerprint density at radius 1 is 1.14 bits per heavy atom. The topological polar surface area (TPSA) is 147 Å². The molecule has 11 nitrogen and oxygen atoms in total. The molecule has 5 rings (SSSR count). The van der Waals surface area contributed by atoms with Gasteiger partial charge in [0.15, 0.2) is 0 Å². The highest BCUT2D eigenvalue weighted by Gasteiger charge is 2.24. The van der Waals surface area contributed by atoms with Gasteiger partial charge in [0.2, 0.25) is 21.9 Å². The van der Waals surface area contributed by atoms with E-state index < -0.39 is 16.1 Å². The lowest BCUT2D eigenvalue weighted by molar-refractivity contribution is 0.132. The van der Waals surface area contributed by atoms with Gasteiger partial charge in [-0.25, -0.2) is 28.2 Å². The van der Waals surface area contributed by atoms with E-state index in [0.29, 0.717) is 59.4 Å². The number of rotatable bonds is 9. The predicted molar refractivity (Wildman–Crippen MR) is 163 cm³/mol. The number of pyridine rings is 1. The van der Waals surface area contributed by atoms with Crippen LogP contribution in [0.4, 0.5) is 16.4 Å². The molecule has 42 heavy (non-hydrogen) atoms. The maximum atomic E-state index is 12.5. The van der Waals surface area contributed by atoms with E-state index in [1.165, 1.54) is 4.90 Å². The first kappa shape index (κ1) is 29.1. The van der Waals surface area contributed by atoms with Crippen LogP contribution in [0.5, 0.6) is 11.6 Å².